The third-order valence-electron chi connectivity index (χ3n) is 6.19. The average molecular weight is 424 g/mol. The van der Waals surface area contributed by atoms with Crippen LogP contribution < -0.4 is 5.73 Å². The molecule has 0 saturated carbocycles. The number of likely N-dealkylation sites (tertiary alicyclic amines) is 2. The third-order valence-corrected chi connectivity index (χ3v) is 8.06. The number of amides is 2. The first kappa shape index (κ1) is 20.2. The van der Waals surface area contributed by atoms with Crippen LogP contribution in [0.5, 0.6) is 0 Å². The first-order valence-corrected chi connectivity index (χ1v) is 11.3. The fourth-order valence-corrected chi connectivity index (χ4v) is 6.30. The minimum absolute atomic E-state index is 0.0793. The number of nitrogens with two attached hydrogens (primary N) is 1. The highest BCUT2D eigenvalue weighted by atomic mass is 32.2. The van der Waals surface area contributed by atoms with E-state index in [0.717, 1.165) is 23.2 Å². The van der Waals surface area contributed by atoms with Gasteiger partial charge >= 0.3 is 0 Å². The Balaban J connectivity index is 1.45. The van der Waals surface area contributed by atoms with Gasteiger partial charge in [0.1, 0.15) is 17.9 Å². The number of piperazine rings is 1. The van der Waals surface area contributed by atoms with Crippen molar-refractivity contribution in [1.82, 2.24) is 14.1 Å². The number of benzene rings is 1. The van der Waals surface area contributed by atoms with Crippen LogP contribution in [0.25, 0.3) is 0 Å². The van der Waals surface area contributed by atoms with Crippen LogP contribution in [0, 0.1) is 5.82 Å². The highest BCUT2D eigenvalue weighted by Crippen LogP contribution is 2.36. The zero-order valence-corrected chi connectivity index (χ0v) is 17.0. The van der Waals surface area contributed by atoms with E-state index in [1.54, 1.807) is 4.90 Å². The fraction of sp³-hybridized carbons (Fsp3) is 0.579. The Labute approximate surface area is 169 Å². The lowest BCUT2D eigenvalue weighted by Gasteiger charge is -2.35. The first-order chi connectivity index (χ1) is 13.7. The second kappa shape index (κ2) is 7.33. The van der Waals surface area contributed by atoms with E-state index in [4.69, 9.17) is 5.73 Å². The molecule has 0 spiro atoms. The number of carbonyl (C=O) groups excluding carboxylic acids is 2. The molecular formula is C19H25FN4O4S. The smallest absolute Gasteiger partial charge is 0.243 e. The highest BCUT2D eigenvalue weighted by molar-refractivity contribution is 7.89. The van der Waals surface area contributed by atoms with Crippen LogP contribution in [0.2, 0.25) is 0 Å². The van der Waals surface area contributed by atoms with E-state index in [2.05, 4.69) is 0 Å². The Morgan fingerprint density at radius 2 is 2.14 bits per heavy atom. The molecule has 0 unspecified atom stereocenters. The number of halogens is 1. The normalized spacial score (nSPS) is 28.4. The summed E-state index contributed by atoms with van der Waals surface area (Å²) in [5, 5.41) is 0. The lowest BCUT2D eigenvalue weighted by atomic mass is 10.2. The molecule has 3 heterocycles. The molecule has 1 aromatic rings. The summed E-state index contributed by atoms with van der Waals surface area (Å²) in [5.41, 5.74) is 6.10. The van der Waals surface area contributed by atoms with E-state index in [0.29, 0.717) is 13.0 Å². The van der Waals surface area contributed by atoms with Crippen molar-refractivity contribution < 1.29 is 22.4 Å². The summed E-state index contributed by atoms with van der Waals surface area (Å²) >= 11 is 0. The summed E-state index contributed by atoms with van der Waals surface area (Å²) in [4.78, 5) is 28.6. The Hall–Kier alpha value is -2.04. The largest absolute Gasteiger partial charge is 0.339 e. The van der Waals surface area contributed by atoms with Crippen molar-refractivity contribution in [1.29, 1.82) is 0 Å². The molecule has 4 rings (SSSR count). The molecule has 158 valence electrons. The van der Waals surface area contributed by atoms with Gasteiger partial charge in [-0.1, -0.05) is 6.07 Å². The molecule has 1 aromatic carbocycles. The molecule has 2 amide bonds. The summed E-state index contributed by atoms with van der Waals surface area (Å²) in [7, 11) is -3.97. The van der Waals surface area contributed by atoms with Gasteiger partial charge in [0.25, 0.3) is 0 Å². The maximum atomic E-state index is 13.5. The number of hydrogen-bond donors (Lipinski definition) is 1. The third kappa shape index (κ3) is 3.43. The maximum Gasteiger partial charge on any atom is 0.243 e. The van der Waals surface area contributed by atoms with Crippen molar-refractivity contribution in [2.24, 2.45) is 5.73 Å². The zero-order valence-electron chi connectivity index (χ0n) is 16.2. The monoisotopic (exact) mass is 424 g/mol. The second-order valence-corrected chi connectivity index (χ2v) is 9.95. The topological polar surface area (TPSA) is 104 Å². The van der Waals surface area contributed by atoms with Gasteiger partial charge < -0.3 is 15.5 Å². The van der Waals surface area contributed by atoms with Gasteiger partial charge in [0.15, 0.2) is 0 Å². The highest BCUT2D eigenvalue weighted by Gasteiger charge is 2.54. The fourth-order valence-electron chi connectivity index (χ4n) is 4.64. The summed E-state index contributed by atoms with van der Waals surface area (Å²) in [6.45, 7) is 2.86. The number of sulfonamides is 1. The summed E-state index contributed by atoms with van der Waals surface area (Å²) in [6.07, 6.45) is 2.24. The molecule has 8 nitrogen and oxygen atoms in total. The maximum absolute atomic E-state index is 13.5. The second-order valence-electron chi connectivity index (χ2n) is 8.06. The molecule has 3 aliphatic rings. The van der Waals surface area contributed by atoms with Crippen LogP contribution in [0.15, 0.2) is 29.2 Å². The van der Waals surface area contributed by atoms with Crippen LogP contribution in [0.3, 0.4) is 0 Å². The Bertz CT molecular complexity index is 940. The van der Waals surface area contributed by atoms with E-state index >= 15 is 0 Å². The van der Waals surface area contributed by atoms with Gasteiger partial charge in [0, 0.05) is 31.7 Å². The molecule has 29 heavy (non-hydrogen) atoms. The van der Waals surface area contributed by atoms with Crippen molar-refractivity contribution in [3.63, 3.8) is 0 Å². The van der Waals surface area contributed by atoms with Crippen molar-refractivity contribution in [2.45, 2.75) is 55.2 Å². The van der Waals surface area contributed by atoms with Crippen LogP contribution in [0.1, 0.15) is 26.2 Å². The van der Waals surface area contributed by atoms with Gasteiger partial charge in [-0.25, -0.2) is 12.8 Å². The minimum atomic E-state index is -3.97. The lowest BCUT2D eigenvalue weighted by Crippen LogP contribution is -2.57. The molecule has 10 heteroatoms. The molecule has 3 aliphatic heterocycles. The number of rotatable bonds is 5. The van der Waals surface area contributed by atoms with Gasteiger partial charge in [-0.15, -0.1) is 0 Å². The van der Waals surface area contributed by atoms with Crippen molar-refractivity contribution in [3.05, 3.63) is 30.1 Å². The average Bonchev–Trinajstić information content (AvgIpc) is 3.37. The number of carbonyl (C=O) groups is 2. The Morgan fingerprint density at radius 3 is 2.76 bits per heavy atom. The van der Waals surface area contributed by atoms with Gasteiger partial charge in [-0.05, 0) is 44.4 Å². The molecule has 3 saturated heterocycles. The van der Waals surface area contributed by atoms with E-state index in [1.807, 2.05) is 6.92 Å². The van der Waals surface area contributed by atoms with Crippen molar-refractivity contribution in [2.75, 3.05) is 19.6 Å². The predicted octanol–water partition coefficient (Wildman–Crippen LogP) is 0.138. The van der Waals surface area contributed by atoms with Gasteiger partial charge in [-0.3, -0.25) is 9.59 Å². The molecule has 2 N–H and O–H groups in total. The summed E-state index contributed by atoms with van der Waals surface area (Å²) < 4.78 is 40.4. The van der Waals surface area contributed by atoms with E-state index < -0.39 is 27.9 Å². The molecular weight excluding hydrogens is 399 g/mol. The minimum Gasteiger partial charge on any atom is -0.339 e. The molecule has 4 atom stereocenters. The molecule has 0 aliphatic carbocycles. The first-order valence-electron chi connectivity index (χ1n) is 9.84. The van der Waals surface area contributed by atoms with Crippen LogP contribution in [-0.2, 0) is 19.6 Å². The number of fused-ring (bicyclic) bond motifs is 2. The summed E-state index contributed by atoms with van der Waals surface area (Å²) in [5.74, 6) is -1.17. The Morgan fingerprint density at radius 1 is 1.38 bits per heavy atom. The number of nitrogens with zero attached hydrogens (tertiary/aromatic N) is 3. The molecule has 2 bridgehead atoms. The van der Waals surface area contributed by atoms with E-state index in [-0.39, 0.29) is 41.9 Å². The van der Waals surface area contributed by atoms with Gasteiger partial charge in [0.05, 0.1) is 4.90 Å². The van der Waals surface area contributed by atoms with Crippen LogP contribution in [0.4, 0.5) is 4.39 Å². The quantitative estimate of drug-likeness (QED) is 0.724. The lowest BCUT2D eigenvalue weighted by molar-refractivity contribution is -0.137. The molecule has 0 aromatic heterocycles. The Kier molecular flexibility index (Phi) is 5.12. The predicted molar refractivity (Wildman–Crippen MR) is 103 cm³/mol. The SMILES string of the molecule is C[C@@H]1CCCN1C(=O)[C@@H](N)CN1C(=O)[C@@H]2C[C@H]1CN2S(=O)(=O)c1cccc(F)c1. The van der Waals surface area contributed by atoms with Gasteiger partial charge in [0.2, 0.25) is 21.8 Å². The van der Waals surface area contributed by atoms with E-state index in [1.165, 1.54) is 23.1 Å². The zero-order chi connectivity index (χ0) is 20.9. The van der Waals surface area contributed by atoms with Crippen LogP contribution in [-0.4, -0.2) is 78.1 Å². The van der Waals surface area contributed by atoms with E-state index in [9.17, 15) is 22.4 Å². The van der Waals surface area contributed by atoms with Gasteiger partial charge in [-0.2, -0.15) is 4.31 Å². The summed E-state index contributed by atoms with van der Waals surface area (Å²) in [6, 6.07) is 2.93. The van der Waals surface area contributed by atoms with Crippen molar-refractivity contribution in [3.8, 4) is 0 Å². The number of hydrogen-bond acceptors (Lipinski definition) is 5. The molecule has 0 radical (unpaired) electrons. The van der Waals surface area contributed by atoms with Crippen LogP contribution >= 0.6 is 0 Å². The molecule has 3 fully saturated rings. The van der Waals surface area contributed by atoms with Crippen molar-refractivity contribution >= 4 is 21.8 Å². The standard InChI is InChI=1S/C19H25FN4O4S/c1-12-4-3-7-22(12)18(25)16(21)11-23-14-9-17(19(23)26)24(10-14)29(27,28)15-6-2-5-13(20)8-15/h2,5-6,8,12,14,16-17H,3-4,7,9-11,21H2,1H3/t12-,14+,16+,17+/m1/s1.